The topological polar surface area (TPSA) is 85.6 Å². The summed E-state index contributed by atoms with van der Waals surface area (Å²) < 4.78 is 39.9. The van der Waals surface area contributed by atoms with Gasteiger partial charge in [0.05, 0.1) is 35.5 Å². The van der Waals surface area contributed by atoms with Crippen LogP contribution in [0.25, 0.3) is 22.3 Å². The number of benzene rings is 2. The van der Waals surface area contributed by atoms with E-state index in [0.717, 1.165) is 12.8 Å². The molecule has 0 bridgehead atoms. The summed E-state index contributed by atoms with van der Waals surface area (Å²) in [4.78, 5) is 13.8. The van der Waals surface area contributed by atoms with E-state index in [2.05, 4.69) is 6.92 Å². The lowest BCUT2D eigenvalue weighted by molar-refractivity contribution is 0.0959. The van der Waals surface area contributed by atoms with Crippen LogP contribution >= 0.6 is 0 Å². The second-order valence-electron chi connectivity index (χ2n) is 8.32. The van der Waals surface area contributed by atoms with Gasteiger partial charge in [-0.3, -0.25) is 4.79 Å². The number of fused-ring (bicyclic) bond motifs is 1. The summed E-state index contributed by atoms with van der Waals surface area (Å²) in [6.45, 7) is 5.93. The van der Waals surface area contributed by atoms with Crippen LogP contribution in [0, 0.1) is 0 Å². The minimum atomic E-state index is -0.619. The molecular weight excluding hydrogens is 440 g/mol. The van der Waals surface area contributed by atoms with Gasteiger partial charge in [-0.2, -0.15) is 0 Å². The van der Waals surface area contributed by atoms with Crippen molar-refractivity contribution in [2.24, 2.45) is 0 Å². The highest BCUT2D eigenvalue weighted by Crippen LogP contribution is 2.44. The van der Waals surface area contributed by atoms with Gasteiger partial charge < -0.3 is 32.8 Å². The predicted molar refractivity (Wildman–Crippen MR) is 130 cm³/mol. The Kier molecular flexibility index (Phi) is 7.49. The highest BCUT2D eigenvalue weighted by atomic mass is 16.5. The first-order valence-corrected chi connectivity index (χ1v) is 11.0. The summed E-state index contributed by atoms with van der Waals surface area (Å²) >= 11 is 0. The first-order valence-electron chi connectivity index (χ1n) is 11.0. The molecule has 3 aromatic rings. The van der Waals surface area contributed by atoms with Gasteiger partial charge in [0.2, 0.25) is 16.9 Å². The highest BCUT2D eigenvalue weighted by molar-refractivity contribution is 5.89. The molecule has 0 N–H and O–H groups in total. The van der Waals surface area contributed by atoms with Crippen LogP contribution in [-0.4, -0.2) is 41.2 Å². The normalized spacial score (nSPS) is 11.3. The van der Waals surface area contributed by atoms with Crippen LogP contribution in [0.4, 0.5) is 0 Å². The van der Waals surface area contributed by atoms with E-state index in [-0.39, 0.29) is 22.3 Å². The monoisotopic (exact) mass is 472 g/mol. The van der Waals surface area contributed by atoms with Crippen LogP contribution in [0.5, 0.6) is 34.5 Å². The van der Waals surface area contributed by atoms with Crippen molar-refractivity contribution in [3.8, 4) is 45.8 Å². The smallest absolute Gasteiger partial charge is 0.239 e. The van der Waals surface area contributed by atoms with Crippen molar-refractivity contribution < 1.29 is 32.8 Å². The maximum atomic E-state index is 13.8. The van der Waals surface area contributed by atoms with Gasteiger partial charge >= 0.3 is 0 Å². The fourth-order valence-corrected chi connectivity index (χ4v) is 3.95. The fourth-order valence-electron chi connectivity index (χ4n) is 3.95. The van der Waals surface area contributed by atoms with E-state index in [9.17, 15) is 4.79 Å². The van der Waals surface area contributed by atoms with E-state index in [1.54, 1.807) is 24.3 Å². The minimum absolute atomic E-state index is 0.0729. The molecule has 0 saturated heterocycles. The van der Waals surface area contributed by atoms with Crippen LogP contribution in [0.2, 0.25) is 0 Å². The average molecular weight is 473 g/mol. The van der Waals surface area contributed by atoms with Gasteiger partial charge in [0.15, 0.2) is 17.3 Å². The first-order chi connectivity index (χ1) is 16.2. The maximum Gasteiger partial charge on any atom is 0.239 e. The fraction of sp³-hybridized carbons (Fsp3) is 0.423. The molecule has 0 aliphatic heterocycles. The lowest BCUT2D eigenvalue weighted by atomic mass is 10.0. The Labute approximate surface area is 199 Å². The van der Waals surface area contributed by atoms with Crippen molar-refractivity contribution in [2.75, 3.05) is 35.5 Å². The molecule has 0 aliphatic rings. The summed E-state index contributed by atoms with van der Waals surface area (Å²) in [7, 11) is 7.59. The standard InChI is InChI=1S/C26H32O8/c1-9-10-26(2,3)34-25-22(27)21-17(29-5)13-16(28-4)14-18(21)33-23(25)15-11-19(30-6)24(32-8)20(12-15)31-7/h11-14H,9-10H2,1-8H3. The third-order valence-corrected chi connectivity index (χ3v) is 5.50. The van der Waals surface area contributed by atoms with Crippen molar-refractivity contribution in [3.05, 3.63) is 34.5 Å². The lowest BCUT2D eigenvalue weighted by Gasteiger charge is -2.27. The Morgan fingerprint density at radius 2 is 1.41 bits per heavy atom. The van der Waals surface area contributed by atoms with E-state index >= 15 is 0 Å². The molecule has 0 fully saturated rings. The molecule has 0 saturated carbocycles. The molecule has 0 spiro atoms. The second kappa shape index (κ2) is 10.2. The Morgan fingerprint density at radius 1 is 0.794 bits per heavy atom. The van der Waals surface area contributed by atoms with Crippen molar-refractivity contribution in [1.29, 1.82) is 0 Å². The minimum Gasteiger partial charge on any atom is -0.496 e. The van der Waals surface area contributed by atoms with Gasteiger partial charge in [-0.05, 0) is 32.4 Å². The van der Waals surface area contributed by atoms with Crippen LogP contribution < -0.4 is 33.8 Å². The molecule has 0 radical (unpaired) electrons. The summed E-state index contributed by atoms with van der Waals surface area (Å²) in [5.74, 6) is 2.39. The molecule has 0 atom stereocenters. The van der Waals surface area contributed by atoms with Crippen LogP contribution in [-0.2, 0) is 0 Å². The van der Waals surface area contributed by atoms with E-state index in [1.807, 2.05) is 13.8 Å². The highest BCUT2D eigenvalue weighted by Gasteiger charge is 2.28. The van der Waals surface area contributed by atoms with E-state index < -0.39 is 5.60 Å². The first kappa shape index (κ1) is 25.1. The molecule has 34 heavy (non-hydrogen) atoms. The zero-order valence-electron chi connectivity index (χ0n) is 21.0. The Bertz CT molecular complexity index is 1200. The van der Waals surface area contributed by atoms with Gasteiger partial charge in [-0.1, -0.05) is 13.3 Å². The van der Waals surface area contributed by atoms with E-state index in [0.29, 0.717) is 39.9 Å². The van der Waals surface area contributed by atoms with E-state index in [4.69, 9.17) is 32.8 Å². The van der Waals surface area contributed by atoms with E-state index in [1.165, 1.54) is 35.5 Å². The molecule has 2 aromatic carbocycles. The molecule has 1 aromatic heterocycles. The molecule has 0 amide bonds. The van der Waals surface area contributed by atoms with Gasteiger partial charge in [0, 0.05) is 17.7 Å². The summed E-state index contributed by atoms with van der Waals surface area (Å²) in [5, 5.41) is 0.266. The van der Waals surface area contributed by atoms with Gasteiger partial charge in [0.25, 0.3) is 0 Å². The Hall–Kier alpha value is -3.55. The summed E-state index contributed by atoms with van der Waals surface area (Å²) in [5.41, 5.74) is -0.150. The molecule has 0 aliphatic carbocycles. The molecule has 3 rings (SSSR count). The average Bonchev–Trinajstić information content (AvgIpc) is 2.83. The maximum absolute atomic E-state index is 13.8. The quantitative estimate of drug-likeness (QED) is 0.385. The zero-order chi connectivity index (χ0) is 25.0. The Balaban J connectivity index is 2.42. The number of hydrogen-bond acceptors (Lipinski definition) is 8. The third kappa shape index (κ3) is 4.71. The molecular formula is C26H32O8. The molecule has 8 nitrogen and oxygen atoms in total. The van der Waals surface area contributed by atoms with Crippen molar-refractivity contribution in [3.63, 3.8) is 0 Å². The van der Waals surface area contributed by atoms with Gasteiger partial charge in [-0.25, -0.2) is 0 Å². The summed E-state index contributed by atoms with van der Waals surface area (Å²) in [6.07, 6.45) is 1.62. The largest absolute Gasteiger partial charge is 0.496 e. The van der Waals surface area contributed by atoms with Crippen molar-refractivity contribution >= 4 is 11.0 Å². The molecule has 0 unspecified atom stereocenters. The van der Waals surface area contributed by atoms with Crippen molar-refractivity contribution in [1.82, 2.24) is 0 Å². The third-order valence-electron chi connectivity index (χ3n) is 5.50. The molecule has 1 heterocycles. The number of hydrogen-bond donors (Lipinski definition) is 0. The Morgan fingerprint density at radius 3 is 1.91 bits per heavy atom. The predicted octanol–water partition coefficient (Wildman–Crippen LogP) is 5.46. The second-order valence-corrected chi connectivity index (χ2v) is 8.32. The van der Waals surface area contributed by atoms with Gasteiger partial charge in [0.1, 0.15) is 28.1 Å². The molecule has 8 heteroatoms. The van der Waals surface area contributed by atoms with Crippen molar-refractivity contribution in [2.45, 2.75) is 39.2 Å². The van der Waals surface area contributed by atoms with Gasteiger partial charge in [-0.15, -0.1) is 0 Å². The lowest BCUT2D eigenvalue weighted by Crippen LogP contribution is -2.30. The van der Waals surface area contributed by atoms with Crippen LogP contribution in [0.1, 0.15) is 33.6 Å². The van der Waals surface area contributed by atoms with Crippen LogP contribution in [0.15, 0.2) is 33.5 Å². The summed E-state index contributed by atoms with van der Waals surface area (Å²) in [6, 6.07) is 6.70. The molecule has 184 valence electrons. The number of ether oxygens (including phenoxy) is 6. The SMILES string of the molecule is CCCC(C)(C)Oc1c(-c2cc(OC)c(OC)c(OC)c2)oc2cc(OC)cc(OC)c2c1=O. The zero-order valence-corrected chi connectivity index (χ0v) is 21.0. The van der Waals surface area contributed by atoms with Crippen LogP contribution in [0.3, 0.4) is 0 Å². The number of methoxy groups -OCH3 is 5. The number of rotatable bonds is 10.